The number of carbonyl (C=O) groups is 2. The highest BCUT2D eigenvalue weighted by Crippen LogP contribution is 2.23. The van der Waals surface area contributed by atoms with Gasteiger partial charge in [0.25, 0.3) is 0 Å². The molecule has 5 nitrogen and oxygen atoms in total. The maximum absolute atomic E-state index is 12.3. The number of hydrogen-bond donors (Lipinski definition) is 2. The molecule has 5 heteroatoms. The van der Waals surface area contributed by atoms with Crippen LogP contribution in [0.25, 0.3) is 0 Å². The van der Waals surface area contributed by atoms with Gasteiger partial charge in [0.05, 0.1) is 12.0 Å². The molecule has 1 aromatic rings. The van der Waals surface area contributed by atoms with E-state index in [0.29, 0.717) is 12.3 Å². The second kappa shape index (κ2) is 9.42. The fraction of sp³-hybridized carbons (Fsp3) is 0.579. The van der Waals surface area contributed by atoms with E-state index in [1.807, 2.05) is 30.3 Å². The topological polar surface area (TPSA) is 75.6 Å². The van der Waals surface area contributed by atoms with Crippen molar-refractivity contribution in [3.05, 3.63) is 35.9 Å². The fourth-order valence-corrected chi connectivity index (χ4v) is 3.13. The molecule has 132 valence electrons. The van der Waals surface area contributed by atoms with Crippen molar-refractivity contribution in [1.82, 2.24) is 5.32 Å². The Bertz CT molecular complexity index is 525. The molecule has 2 atom stereocenters. The number of carboxylic acid groups (broad SMARTS) is 1. The number of ether oxygens (including phenoxy) is 1. The van der Waals surface area contributed by atoms with E-state index in [1.54, 1.807) is 6.92 Å². The quantitative estimate of drug-likeness (QED) is 0.766. The number of hydrogen-bond acceptors (Lipinski definition) is 3. The van der Waals surface area contributed by atoms with Crippen LogP contribution in [0.2, 0.25) is 0 Å². The Kier molecular flexibility index (Phi) is 7.25. The highest BCUT2D eigenvalue weighted by molar-refractivity contribution is 5.78. The largest absolute Gasteiger partial charge is 0.481 e. The second-order valence-electron chi connectivity index (χ2n) is 6.53. The summed E-state index contributed by atoms with van der Waals surface area (Å²) in [5.41, 5.74) is 0.824. The first-order chi connectivity index (χ1) is 11.6. The third-order valence-electron chi connectivity index (χ3n) is 4.72. The van der Waals surface area contributed by atoms with Crippen molar-refractivity contribution in [3.8, 4) is 0 Å². The average Bonchev–Trinajstić information content (AvgIpc) is 2.60. The van der Waals surface area contributed by atoms with Gasteiger partial charge in [-0.05, 0) is 44.1 Å². The molecule has 1 amide bonds. The predicted octanol–water partition coefficient (Wildman–Crippen LogP) is 3.16. The molecule has 1 aromatic carbocycles. The van der Waals surface area contributed by atoms with E-state index in [2.05, 4.69) is 5.32 Å². The zero-order valence-electron chi connectivity index (χ0n) is 14.2. The monoisotopic (exact) mass is 333 g/mol. The van der Waals surface area contributed by atoms with E-state index >= 15 is 0 Å². The molecule has 1 aliphatic rings. The molecule has 1 aliphatic heterocycles. The second-order valence-corrected chi connectivity index (χ2v) is 6.53. The average molecular weight is 333 g/mol. The van der Waals surface area contributed by atoms with Crippen molar-refractivity contribution in [2.45, 2.75) is 45.1 Å². The van der Waals surface area contributed by atoms with Gasteiger partial charge in [-0.2, -0.15) is 0 Å². The molecule has 1 fully saturated rings. The van der Waals surface area contributed by atoms with Crippen molar-refractivity contribution in [1.29, 1.82) is 0 Å². The Hall–Kier alpha value is -1.88. The van der Waals surface area contributed by atoms with Crippen molar-refractivity contribution >= 4 is 11.9 Å². The lowest BCUT2D eigenvalue weighted by Crippen LogP contribution is -2.35. The van der Waals surface area contributed by atoms with Gasteiger partial charge in [-0.15, -0.1) is 0 Å². The normalized spacial score (nSPS) is 17.9. The summed E-state index contributed by atoms with van der Waals surface area (Å²) in [4.78, 5) is 23.6. The fourth-order valence-electron chi connectivity index (χ4n) is 3.13. The molecule has 2 N–H and O–H groups in total. The van der Waals surface area contributed by atoms with Crippen LogP contribution in [0.4, 0.5) is 0 Å². The zero-order valence-corrected chi connectivity index (χ0v) is 14.2. The van der Waals surface area contributed by atoms with Crippen molar-refractivity contribution in [2.75, 3.05) is 13.2 Å². The minimum absolute atomic E-state index is 0.0796. The van der Waals surface area contributed by atoms with Gasteiger partial charge in [0.2, 0.25) is 5.91 Å². The van der Waals surface area contributed by atoms with Gasteiger partial charge >= 0.3 is 5.97 Å². The lowest BCUT2D eigenvalue weighted by atomic mass is 9.93. The summed E-state index contributed by atoms with van der Waals surface area (Å²) >= 11 is 0. The van der Waals surface area contributed by atoms with Crippen LogP contribution in [0.15, 0.2) is 30.3 Å². The molecule has 0 aliphatic carbocycles. The van der Waals surface area contributed by atoms with E-state index in [4.69, 9.17) is 4.74 Å². The third kappa shape index (κ3) is 5.64. The standard InChI is InChI=1S/C19H27NO4/c1-14(19(22)23)18(16-7-3-2-4-8-16)20-17(21)9-5-6-15-10-12-24-13-11-15/h2-4,7-8,14-15,18H,5-6,9-13H2,1H3,(H,20,21)(H,22,23). The van der Waals surface area contributed by atoms with Gasteiger partial charge in [0.15, 0.2) is 0 Å². The van der Waals surface area contributed by atoms with Gasteiger partial charge in [-0.1, -0.05) is 30.3 Å². The molecule has 1 saturated heterocycles. The van der Waals surface area contributed by atoms with E-state index in [9.17, 15) is 14.7 Å². The lowest BCUT2D eigenvalue weighted by Gasteiger charge is -2.24. The van der Waals surface area contributed by atoms with E-state index in [1.165, 1.54) is 0 Å². The molecule has 2 rings (SSSR count). The summed E-state index contributed by atoms with van der Waals surface area (Å²) in [6, 6.07) is 8.79. The van der Waals surface area contributed by atoms with Gasteiger partial charge in [-0.3, -0.25) is 9.59 Å². The summed E-state index contributed by atoms with van der Waals surface area (Å²) in [5.74, 6) is -1.02. The van der Waals surface area contributed by atoms with Crippen LogP contribution < -0.4 is 5.32 Å². The number of aliphatic carboxylic acids is 1. The van der Waals surface area contributed by atoms with Crippen molar-refractivity contribution < 1.29 is 19.4 Å². The van der Waals surface area contributed by atoms with Crippen LogP contribution in [0.5, 0.6) is 0 Å². The molecule has 0 spiro atoms. The van der Waals surface area contributed by atoms with Crippen LogP contribution in [-0.4, -0.2) is 30.2 Å². The molecule has 1 heterocycles. The van der Waals surface area contributed by atoms with Crippen LogP contribution in [0.1, 0.15) is 50.6 Å². The molecule has 0 aromatic heterocycles. The molecule has 24 heavy (non-hydrogen) atoms. The van der Waals surface area contributed by atoms with Crippen molar-refractivity contribution in [3.63, 3.8) is 0 Å². The number of amides is 1. The number of benzene rings is 1. The zero-order chi connectivity index (χ0) is 17.4. The SMILES string of the molecule is CC(C(=O)O)C(NC(=O)CCCC1CCOCC1)c1ccccc1. The van der Waals surface area contributed by atoms with Crippen LogP contribution >= 0.6 is 0 Å². The predicted molar refractivity (Wildman–Crippen MR) is 91.5 cm³/mol. The highest BCUT2D eigenvalue weighted by atomic mass is 16.5. The van der Waals surface area contributed by atoms with Crippen molar-refractivity contribution in [2.24, 2.45) is 11.8 Å². The maximum Gasteiger partial charge on any atom is 0.308 e. The first kappa shape index (κ1) is 18.5. The summed E-state index contributed by atoms with van der Waals surface area (Å²) in [5, 5.41) is 12.2. The van der Waals surface area contributed by atoms with Crippen LogP contribution in [-0.2, 0) is 14.3 Å². The number of nitrogens with one attached hydrogen (secondary N) is 1. The van der Waals surface area contributed by atoms with Gasteiger partial charge < -0.3 is 15.2 Å². The molecule has 0 saturated carbocycles. The molecule has 2 unspecified atom stereocenters. The summed E-state index contributed by atoms with van der Waals surface area (Å²) in [6.45, 7) is 3.27. The first-order valence-electron chi connectivity index (χ1n) is 8.72. The first-order valence-corrected chi connectivity index (χ1v) is 8.72. The minimum atomic E-state index is -0.911. The van der Waals surface area contributed by atoms with E-state index < -0.39 is 17.9 Å². The summed E-state index contributed by atoms with van der Waals surface area (Å²) in [6.07, 6.45) is 4.45. The molecule has 0 bridgehead atoms. The number of carboxylic acids is 1. The Balaban J connectivity index is 1.86. The van der Waals surface area contributed by atoms with E-state index in [0.717, 1.165) is 44.5 Å². The molecule has 0 radical (unpaired) electrons. The Morgan fingerprint density at radius 2 is 1.92 bits per heavy atom. The number of rotatable bonds is 8. The van der Waals surface area contributed by atoms with Gasteiger partial charge in [0.1, 0.15) is 0 Å². The summed E-state index contributed by atoms with van der Waals surface area (Å²) in [7, 11) is 0. The highest BCUT2D eigenvalue weighted by Gasteiger charge is 2.26. The number of carbonyl (C=O) groups excluding carboxylic acids is 1. The molecular formula is C19H27NO4. The Morgan fingerprint density at radius 1 is 1.25 bits per heavy atom. The van der Waals surface area contributed by atoms with Gasteiger partial charge in [-0.25, -0.2) is 0 Å². The molecular weight excluding hydrogens is 306 g/mol. The lowest BCUT2D eigenvalue weighted by molar-refractivity contribution is -0.142. The Labute approximate surface area is 143 Å². The Morgan fingerprint density at radius 3 is 2.54 bits per heavy atom. The minimum Gasteiger partial charge on any atom is -0.481 e. The smallest absolute Gasteiger partial charge is 0.308 e. The van der Waals surface area contributed by atoms with E-state index in [-0.39, 0.29) is 5.91 Å². The third-order valence-corrected chi connectivity index (χ3v) is 4.72. The maximum atomic E-state index is 12.3. The van der Waals surface area contributed by atoms with Crippen LogP contribution in [0, 0.1) is 11.8 Å². The van der Waals surface area contributed by atoms with Crippen LogP contribution in [0.3, 0.4) is 0 Å². The summed E-state index contributed by atoms with van der Waals surface area (Å²) < 4.78 is 5.34. The van der Waals surface area contributed by atoms with Gasteiger partial charge in [0, 0.05) is 19.6 Å².